The average Bonchev–Trinajstić information content (AvgIpc) is 2.88. The van der Waals surface area contributed by atoms with Gasteiger partial charge in [-0.05, 0) is 74.0 Å². The molecule has 0 spiro atoms. The van der Waals surface area contributed by atoms with Crippen molar-refractivity contribution in [2.75, 3.05) is 0 Å². The van der Waals surface area contributed by atoms with Gasteiger partial charge < -0.3 is 5.11 Å². The Balaban J connectivity index is 1.78. The molecule has 2 nitrogen and oxygen atoms in total. The minimum atomic E-state index is -1.06. The molecule has 0 aliphatic heterocycles. The van der Waals surface area contributed by atoms with E-state index in [1.54, 1.807) is 5.57 Å². The normalized spacial score (nSPS) is 40.8. The van der Waals surface area contributed by atoms with Crippen molar-refractivity contribution in [2.45, 2.75) is 63.4 Å². The lowest BCUT2D eigenvalue weighted by Gasteiger charge is -2.51. The van der Waals surface area contributed by atoms with Gasteiger partial charge in [-0.1, -0.05) is 11.5 Å². The number of ketones is 1. The molecule has 0 aromatic heterocycles. The van der Waals surface area contributed by atoms with E-state index in [0.717, 1.165) is 38.5 Å². The molecule has 0 radical (unpaired) electrons. The van der Waals surface area contributed by atoms with Crippen LogP contribution in [0.5, 0.6) is 0 Å². The second-order valence-corrected chi connectivity index (χ2v) is 7.97. The maximum Gasteiger partial charge on any atom is 0.156 e. The second kappa shape index (κ2) is 5.37. The number of fused-ring (bicyclic) bond motifs is 4. The number of carbonyl (C=O) groups is 1. The molecule has 4 aliphatic rings. The minimum absolute atomic E-state index is 0.271. The lowest BCUT2D eigenvalue weighted by atomic mass is 9.53. The zero-order valence-electron chi connectivity index (χ0n) is 14.1. The first-order valence-electron chi connectivity index (χ1n) is 9.14. The van der Waals surface area contributed by atoms with Gasteiger partial charge in [0.25, 0.3) is 0 Å². The molecule has 24 heavy (non-hydrogen) atoms. The van der Waals surface area contributed by atoms with E-state index in [1.807, 2.05) is 6.08 Å². The number of rotatable bonds is 1. The Hall–Kier alpha value is -1.77. The van der Waals surface area contributed by atoms with Crippen LogP contribution in [0.1, 0.15) is 57.8 Å². The number of aliphatic hydroxyl groups is 1. The molecular weight excluding hydrogens is 296 g/mol. The van der Waals surface area contributed by atoms with E-state index >= 15 is 0 Å². The zero-order valence-corrected chi connectivity index (χ0v) is 14.1. The smallest absolute Gasteiger partial charge is 0.156 e. The predicted molar refractivity (Wildman–Crippen MR) is 93.7 cm³/mol. The second-order valence-electron chi connectivity index (χ2n) is 7.97. The summed E-state index contributed by atoms with van der Waals surface area (Å²) in [6.45, 7) is 0. The van der Waals surface area contributed by atoms with Crippen molar-refractivity contribution in [3.63, 3.8) is 0 Å². The average molecular weight is 320 g/mol. The molecule has 4 atom stereocenters. The molecule has 2 fully saturated rings. The van der Waals surface area contributed by atoms with Crippen molar-refractivity contribution in [3.8, 4) is 24.7 Å². The monoisotopic (exact) mass is 320 g/mol. The molecule has 4 aliphatic carbocycles. The lowest BCUT2D eigenvalue weighted by Crippen LogP contribution is -2.50. The van der Waals surface area contributed by atoms with Gasteiger partial charge in [0.2, 0.25) is 0 Å². The van der Waals surface area contributed by atoms with Crippen molar-refractivity contribution in [1.29, 1.82) is 0 Å². The van der Waals surface area contributed by atoms with Gasteiger partial charge in [-0.3, -0.25) is 4.79 Å². The number of terminal acetylenes is 2. The minimum Gasteiger partial charge on any atom is -0.377 e. The first-order chi connectivity index (χ1) is 11.5. The highest BCUT2D eigenvalue weighted by Gasteiger charge is 2.62. The Bertz CT molecular complexity index is 741. The largest absolute Gasteiger partial charge is 0.377 e. The summed E-state index contributed by atoms with van der Waals surface area (Å²) in [7, 11) is 0. The summed E-state index contributed by atoms with van der Waals surface area (Å²) in [4.78, 5) is 11.7. The van der Waals surface area contributed by atoms with Gasteiger partial charge in [-0.25, -0.2) is 0 Å². The number of allylic oxidation sites excluding steroid dienone is 4. The van der Waals surface area contributed by atoms with Crippen molar-refractivity contribution in [1.82, 2.24) is 0 Å². The molecule has 4 rings (SSSR count). The van der Waals surface area contributed by atoms with Crippen LogP contribution in [0.4, 0.5) is 0 Å². The van der Waals surface area contributed by atoms with Gasteiger partial charge in [0.05, 0.1) is 0 Å². The Morgan fingerprint density at radius 2 is 2.00 bits per heavy atom. The summed E-state index contributed by atoms with van der Waals surface area (Å²) in [6.07, 6.45) is 20.9. The van der Waals surface area contributed by atoms with Crippen LogP contribution >= 0.6 is 0 Å². The Kier molecular flexibility index (Phi) is 3.52. The van der Waals surface area contributed by atoms with E-state index in [-0.39, 0.29) is 11.2 Å². The van der Waals surface area contributed by atoms with Crippen molar-refractivity contribution in [3.05, 3.63) is 22.8 Å². The van der Waals surface area contributed by atoms with Crippen LogP contribution in [0.3, 0.4) is 0 Å². The van der Waals surface area contributed by atoms with Gasteiger partial charge in [0.1, 0.15) is 5.60 Å². The molecule has 0 saturated heterocycles. The summed E-state index contributed by atoms with van der Waals surface area (Å²) >= 11 is 0. The number of hydrogen-bond donors (Lipinski definition) is 1. The molecule has 0 aromatic rings. The molecule has 1 N–H and O–H groups in total. The van der Waals surface area contributed by atoms with Crippen molar-refractivity contribution in [2.24, 2.45) is 17.3 Å². The molecule has 2 saturated carbocycles. The molecule has 0 heterocycles. The van der Waals surface area contributed by atoms with Crippen LogP contribution in [0.25, 0.3) is 0 Å². The fourth-order valence-corrected chi connectivity index (χ4v) is 6.14. The van der Waals surface area contributed by atoms with E-state index in [1.165, 1.54) is 11.1 Å². The summed E-state index contributed by atoms with van der Waals surface area (Å²) in [5, 5.41) is 11.1. The van der Waals surface area contributed by atoms with Gasteiger partial charge in [0.15, 0.2) is 5.78 Å². The van der Waals surface area contributed by atoms with E-state index in [4.69, 9.17) is 12.8 Å². The predicted octanol–water partition coefficient (Wildman–Crippen LogP) is 3.56. The van der Waals surface area contributed by atoms with E-state index in [2.05, 4.69) is 11.8 Å². The van der Waals surface area contributed by atoms with Crippen LogP contribution in [0.15, 0.2) is 22.8 Å². The van der Waals surface area contributed by atoms with Gasteiger partial charge in [0, 0.05) is 18.3 Å². The zero-order chi connectivity index (χ0) is 16.9. The quantitative estimate of drug-likeness (QED) is 0.750. The topological polar surface area (TPSA) is 37.3 Å². The highest BCUT2D eigenvalue weighted by Crippen LogP contribution is 2.64. The SMILES string of the molecule is C#CC[C@]12CCC3=C4CCC(=O)C=C4CC[C@H]3[C@@H]1CC[C@@]2(O)C#C. The lowest BCUT2D eigenvalue weighted by molar-refractivity contribution is -0.114. The molecule has 0 aromatic carbocycles. The van der Waals surface area contributed by atoms with Crippen LogP contribution in [-0.4, -0.2) is 16.5 Å². The molecule has 2 heteroatoms. The Morgan fingerprint density at radius 1 is 1.17 bits per heavy atom. The van der Waals surface area contributed by atoms with Crippen LogP contribution < -0.4 is 0 Å². The van der Waals surface area contributed by atoms with E-state index in [0.29, 0.717) is 31.1 Å². The standard InChI is InChI=1S/C22H24O2/c1-3-11-21-12-9-18-17-8-6-16(23)14-15(17)5-7-19(18)20(21)10-13-22(21,24)4-2/h1-2,14,19-20,24H,5-13H2/t19-,20+,21+,22+/m1/s1. The van der Waals surface area contributed by atoms with Gasteiger partial charge >= 0.3 is 0 Å². The molecule has 0 bridgehead atoms. The summed E-state index contributed by atoms with van der Waals surface area (Å²) in [5.41, 5.74) is 2.87. The Morgan fingerprint density at radius 3 is 2.75 bits per heavy atom. The van der Waals surface area contributed by atoms with Crippen molar-refractivity contribution >= 4 is 5.78 Å². The Labute approximate surface area is 144 Å². The molecule has 0 unspecified atom stereocenters. The van der Waals surface area contributed by atoms with Gasteiger partial charge in [-0.2, -0.15) is 0 Å². The molecule has 124 valence electrons. The summed E-state index contributed by atoms with van der Waals surface area (Å²) in [5.74, 6) is 6.66. The van der Waals surface area contributed by atoms with Crippen LogP contribution in [0.2, 0.25) is 0 Å². The van der Waals surface area contributed by atoms with E-state index < -0.39 is 5.60 Å². The fourth-order valence-electron chi connectivity index (χ4n) is 6.14. The first kappa shape index (κ1) is 15.7. The van der Waals surface area contributed by atoms with E-state index in [9.17, 15) is 9.90 Å². The first-order valence-corrected chi connectivity index (χ1v) is 9.14. The van der Waals surface area contributed by atoms with Crippen LogP contribution in [-0.2, 0) is 4.79 Å². The number of carbonyl (C=O) groups excluding carboxylic acids is 1. The molecular formula is C22H24O2. The maximum atomic E-state index is 11.7. The van der Waals surface area contributed by atoms with Crippen LogP contribution in [0, 0.1) is 41.9 Å². The summed E-state index contributed by atoms with van der Waals surface area (Å²) < 4.78 is 0. The molecule has 0 amide bonds. The third-order valence-electron chi connectivity index (χ3n) is 7.24. The highest BCUT2D eigenvalue weighted by molar-refractivity contribution is 5.93. The van der Waals surface area contributed by atoms with Crippen molar-refractivity contribution < 1.29 is 9.90 Å². The van der Waals surface area contributed by atoms with Gasteiger partial charge in [-0.15, -0.1) is 18.8 Å². The highest BCUT2D eigenvalue weighted by atomic mass is 16.3. The third-order valence-corrected chi connectivity index (χ3v) is 7.24. The maximum absolute atomic E-state index is 11.7. The summed E-state index contributed by atoms with van der Waals surface area (Å²) in [6, 6.07) is 0. The third kappa shape index (κ3) is 1.93. The fraction of sp³-hybridized carbons (Fsp3) is 0.591. The number of hydrogen-bond acceptors (Lipinski definition) is 2.